The Labute approximate surface area is 296 Å². The van der Waals surface area contributed by atoms with Gasteiger partial charge < -0.3 is 4.90 Å². The van der Waals surface area contributed by atoms with Gasteiger partial charge in [0, 0.05) is 22.4 Å². The third-order valence-corrected chi connectivity index (χ3v) is 11.7. The second kappa shape index (κ2) is 12.0. The van der Waals surface area contributed by atoms with Gasteiger partial charge in [0.25, 0.3) is 0 Å². The number of rotatable bonds is 5. The summed E-state index contributed by atoms with van der Waals surface area (Å²) in [6.45, 7) is 4.85. The number of anilines is 3. The van der Waals surface area contributed by atoms with E-state index < -0.39 is 0 Å². The van der Waals surface area contributed by atoms with Crippen LogP contribution in [0.4, 0.5) is 17.1 Å². The molecule has 0 aromatic heterocycles. The van der Waals surface area contributed by atoms with E-state index in [0.29, 0.717) is 23.3 Å². The molecule has 0 radical (unpaired) electrons. The van der Waals surface area contributed by atoms with Crippen LogP contribution < -0.4 is 4.90 Å². The van der Waals surface area contributed by atoms with E-state index in [4.69, 9.17) is 0 Å². The van der Waals surface area contributed by atoms with Gasteiger partial charge in [-0.15, -0.1) is 0 Å². The molecule has 50 heavy (non-hydrogen) atoms. The van der Waals surface area contributed by atoms with Crippen LogP contribution in [0.2, 0.25) is 0 Å². The van der Waals surface area contributed by atoms with Gasteiger partial charge in [-0.25, -0.2) is 0 Å². The van der Waals surface area contributed by atoms with Crippen molar-refractivity contribution in [1.82, 2.24) is 0 Å². The van der Waals surface area contributed by atoms with Crippen molar-refractivity contribution in [3.63, 3.8) is 0 Å². The fraction of sp³-hybridized carbons (Fsp3) is 0.188. The second-order valence-corrected chi connectivity index (χ2v) is 14.7. The SMILES string of the molecule is CC1=CC2(c3ccccc3-c3cc(-c4cccc(-c5ccccc5)c4)c(N(c4ccccc4)c4ccc(C#N)cc4)cc32)C2CC(C)CC1C2. The molecule has 1 fully saturated rings. The number of hydrogen-bond donors (Lipinski definition) is 0. The summed E-state index contributed by atoms with van der Waals surface area (Å²) in [4.78, 5) is 2.40. The molecule has 6 aromatic rings. The molecule has 0 N–H and O–H groups in total. The van der Waals surface area contributed by atoms with Crippen molar-refractivity contribution in [1.29, 1.82) is 5.26 Å². The maximum atomic E-state index is 9.69. The third kappa shape index (κ3) is 4.84. The lowest BCUT2D eigenvalue weighted by Crippen LogP contribution is -2.42. The highest BCUT2D eigenvalue weighted by Crippen LogP contribution is 2.62. The lowest BCUT2D eigenvalue weighted by atomic mass is 9.55. The second-order valence-electron chi connectivity index (χ2n) is 14.7. The van der Waals surface area contributed by atoms with Crippen LogP contribution >= 0.6 is 0 Å². The highest BCUT2D eigenvalue weighted by molar-refractivity contribution is 5.96. The molecular weight excluding hydrogens is 605 g/mol. The molecule has 3 aliphatic rings. The molecule has 4 unspecified atom stereocenters. The first-order chi connectivity index (χ1) is 24.5. The van der Waals surface area contributed by atoms with Crippen molar-refractivity contribution in [2.45, 2.75) is 38.5 Å². The number of fused-ring (bicyclic) bond motifs is 8. The molecule has 0 amide bonds. The molecule has 6 aromatic carbocycles. The van der Waals surface area contributed by atoms with Crippen molar-refractivity contribution in [2.24, 2.45) is 17.8 Å². The highest BCUT2D eigenvalue weighted by atomic mass is 15.1. The van der Waals surface area contributed by atoms with Crippen molar-refractivity contribution < 1.29 is 0 Å². The zero-order valence-corrected chi connectivity index (χ0v) is 28.7. The minimum absolute atomic E-state index is 0.173. The summed E-state index contributed by atoms with van der Waals surface area (Å²) in [5, 5.41) is 9.69. The Hall–Kier alpha value is -5.65. The molecule has 1 spiro atoms. The quantitative estimate of drug-likeness (QED) is 0.175. The number of nitriles is 1. The molecule has 4 atom stereocenters. The fourth-order valence-electron chi connectivity index (χ4n) is 9.52. The summed E-state index contributed by atoms with van der Waals surface area (Å²) in [6, 6.07) is 55.0. The van der Waals surface area contributed by atoms with Gasteiger partial charge in [-0.3, -0.25) is 0 Å². The lowest BCUT2D eigenvalue weighted by molar-refractivity contribution is 0.168. The van der Waals surface area contributed by atoms with E-state index in [1.807, 2.05) is 12.1 Å². The van der Waals surface area contributed by atoms with Crippen molar-refractivity contribution in [3.05, 3.63) is 174 Å². The summed E-state index contributed by atoms with van der Waals surface area (Å²) in [5.74, 6) is 1.92. The van der Waals surface area contributed by atoms with Gasteiger partial charge in [-0.05, 0) is 137 Å². The topological polar surface area (TPSA) is 27.0 Å². The first-order valence-electron chi connectivity index (χ1n) is 18.0. The Kier molecular flexibility index (Phi) is 7.32. The maximum absolute atomic E-state index is 9.69. The van der Waals surface area contributed by atoms with Crippen LogP contribution in [-0.4, -0.2) is 0 Å². The van der Waals surface area contributed by atoms with Crippen LogP contribution in [0, 0.1) is 29.1 Å². The zero-order chi connectivity index (χ0) is 33.8. The zero-order valence-electron chi connectivity index (χ0n) is 28.7. The molecular formula is C48H40N2. The predicted molar refractivity (Wildman–Crippen MR) is 207 cm³/mol. The van der Waals surface area contributed by atoms with E-state index in [-0.39, 0.29) is 5.41 Å². The molecule has 2 heteroatoms. The van der Waals surface area contributed by atoms with Crippen LogP contribution in [0.1, 0.15) is 49.8 Å². The standard InChI is InChI=1S/C48H40N2/c1-32-24-38-27-39(25-32)48(30-33(38)2)45-19-10-9-18-42(45)44-28-43(37-15-11-14-36(26-37)35-12-5-3-6-13-35)47(29-46(44)48)50(40-16-7-4-8-17-40)41-22-20-34(31-49)21-23-41/h3-23,26,28-30,32,38-39H,24-25,27H2,1-2H3. The summed E-state index contributed by atoms with van der Waals surface area (Å²) in [5.41, 5.74) is 15.6. The van der Waals surface area contributed by atoms with E-state index in [0.717, 1.165) is 17.1 Å². The van der Waals surface area contributed by atoms with Crippen LogP contribution in [0.25, 0.3) is 33.4 Å². The molecule has 2 nitrogen and oxygen atoms in total. The molecule has 0 aliphatic heterocycles. The monoisotopic (exact) mass is 644 g/mol. The Balaban J connectivity index is 1.36. The van der Waals surface area contributed by atoms with Crippen LogP contribution in [-0.2, 0) is 5.41 Å². The molecule has 9 rings (SSSR count). The molecule has 2 bridgehead atoms. The number of para-hydroxylation sites is 1. The molecule has 242 valence electrons. The average molecular weight is 645 g/mol. The minimum atomic E-state index is -0.173. The van der Waals surface area contributed by atoms with E-state index in [1.165, 1.54) is 63.8 Å². The maximum Gasteiger partial charge on any atom is 0.0991 e. The average Bonchev–Trinajstić information content (AvgIpc) is 3.44. The van der Waals surface area contributed by atoms with E-state index in [2.05, 4.69) is 164 Å². The largest absolute Gasteiger partial charge is 0.310 e. The van der Waals surface area contributed by atoms with E-state index >= 15 is 0 Å². The number of allylic oxidation sites excluding steroid dienone is 2. The number of nitrogens with zero attached hydrogens (tertiary/aromatic N) is 2. The molecule has 0 saturated heterocycles. The van der Waals surface area contributed by atoms with Crippen LogP contribution in [0.3, 0.4) is 0 Å². The van der Waals surface area contributed by atoms with Crippen molar-refractivity contribution in [3.8, 4) is 39.4 Å². The van der Waals surface area contributed by atoms with Gasteiger partial charge in [0.2, 0.25) is 0 Å². The predicted octanol–water partition coefficient (Wildman–Crippen LogP) is 12.6. The summed E-state index contributed by atoms with van der Waals surface area (Å²) < 4.78 is 0. The van der Waals surface area contributed by atoms with Crippen molar-refractivity contribution in [2.75, 3.05) is 4.90 Å². The minimum Gasteiger partial charge on any atom is -0.310 e. The fourth-order valence-corrected chi connectivity index (χ4v) is 9.52. The third-order valence-electron chi connectivity index (χ3n) is 11.7. The van der Waals surface area contributed by atoms with Gasteiger partial charge in [-0.2, -0.15) is 5.26 Å². The van der Waals surface area contributed by atoms with E-state index in [9.17, 15) is 5.26 Å². The Morgan fingerprint density at radius 3 is 2.06 bits per heavy atom. The van der Waals surface area contributed by atoms with Gasteiger partial charge in [0.05, 0.1) is 17.3 Å². The Bertz CT molecular complexity index is 2290. The van der Waals surface area contributed by atoms with Crippen LogP contribution in [0.5, 0.6) is 0 Å². The summed E-state index contributed by atoms with van der Waals surface area (Å²) in [7, 11) is 0. The summed E-state index contributed by atoms with van der Waals surface area (Å²) in [6.07, 6.45) is 6.46. The van der Waals surface area contributed by atoms with Gasteiger partial charge >= 0.3 is 0 Å². The smallest absolute Gasteiger partial charge is 0.0991 e. The van der Waals surface area contributed by atoms with Gasteiger partial charge in [-0.1, -0.05) is 110 Å². The van der Waals surface area contributed by atoms with Gasteiger partial charge in [0.1, 0.15) is 0 Å². The first kappa shape index (κ1) is 30.4. The molecule has 1 saturated carbocycles. The van der Waals surface area contributed by atoms with Gasteiger partial charge in [0.15, 0.2) is 0 Å². The molecule has 3 aliphatic carbocycles. The normalized spacial score (nSPS) is 21.5. The van der Waals surface area contributed by atoms with E-state index in [1.54, 1.807) is 5.57 Å². The summed E-state index contributed by atoms with van der Waals surface area (Å²) >= 11 is 0. The first-order valence-corrected chi connectivity index (χ1v) is 18.0. The highest BCUT2D eigenvalue weighted by Gasteiger charge is 2.52. The Morgan fingerprint density at radius 2 is 1.28 bits per heavy atom. The lowest BCUT2D eigenvalue weighted by Gasteiger charge is -2.49. The number of hydrogen-bond acceptors (Lipinski definition) is 2. The number of benzene rings is 6. The molecule has 0 heterocycles. The Morgan fingerprint density at radius 1 is 0.600 bits per heavy atom. The van der Waals surface area contributed by atoms with Crippen molar-refractivity contribution >= 4 is 17.1 Å². The van der Waals surface area contributed by atoms with Crippen LogP contribution in [0.15, 0.2) is 157 Å².